The minimum Gasteiger partial charge on any atom is -0.335 e. The molecule has 0 radical (unpaired) electrons. The monoisotopic (exact) mass is 178 g/mol. The van der Waals surface area contributed by atoms with E-state index in [2.05, 4.69) is 32.4 Å². The van der Waals surface area contributed by atoms with Crippen molar-refractivity contribution in [1.29, 1.82) is 0 Å². The van der Waals surface area contributed by atoms with Gasteiger partial charge in [0.1, 0.15) is 0 Å². The molecule has 0 saturated carbocycles. The van der Waals surface area contributed by atoms with E-state index in [0.717, 1.165) is 0 Å². The number of hydrogen-bond donors (Lipinski definition) is 1. The minimum absolute atomic E-state index is 0.450. The number of nitrogens with zero attached hydrogens (tertiary/aromatic N) is 1. The maximum absolute atomic E-state index is 5.79. The molecule has 0 fully saturated rings. The molecule has 0 bridgehead atoms. The molecule has 0 heterocycles. The average Bonchev–Trinajstić information content (AvgIpc) is 1.85. The zero-order chi connectivity index (χ0) is 9.02. The van der Waals surface area contributed by atoms with Crippen molar-refractivity contribution in [2.24, 2.45) is 5.50 Å². The van der Waals surface area contributed by atoms with Gasteiger partial charge >= 0.3 is 0 Å². The molecular weight excluding hydrogens is 159 g/mol. The predicted octanol–water partition coefficient (Wildman–Crippen LogP) is 1.94. The van der Waals surface area contributed by atoms with E-state index in [4.69, 9.17) is 10.0 Å². The van der Waals surface area contributed by atoms with Crippen molar-refractivity contribution in [3.8, 4) is 0 Å². The molecule has 0 aliphatic heterocycles. The maximum atomic E-state index is 5.79. The second-order valence-electron chi connectivity index (χ2n) is 3.05. The lowest BCUT2D eigenvalue weighted by Gasteiger charge is -2.33. The zero-order valence-corrected chi connectivity index (χ0v) is 8.93. The molecule has 0 aliphatic carbocycles. The Kier molecular flexibility index (Phi) is 5.19. The largest absolute Gasteiger partial charge is 0.335 e. The lowest BCUT2D eigenvalue weighted by Crippen LogP contribution is -2.34. The summed E-state index contributed by atoms with van der Waals surface area (Å²) in [6.07, 6.45) is 0. The van der Waals surface area contributed by atoms with Crippen LogP contribution in [-0.2, 0) is 4.52 Å². The molecule has 0 aliphatic rings. The lowest BCUT2D eigenvalue weighted by molar-refractivity contribution is 0.280. The van der Waals surface area contributed by atoms with Crippen molar-refractivity contribution in [2.75, 3.05) is 7.11 Å². The number of nitrogens with two attached hydrogens (primary N) is 1. The molecule has 0 rings (SSSR count). The molecule has 3 nitrogen and oxygen atoms in total. The van der Waals surface area contributed by atoms with Crippen LogP contribution in [0.15, 0.2) is 0 Å². The van der Waals surface area contributed by atoms with Crippen molar-refractivity contribution < 1.29 is 4.52 Å². The summed E-state index contributed by atoms with van der Waals surface area (Å²) in [5.41, 5.74) is 5.79. The molecule has 1 unspecified atom stereocenters. The van der Waals surface area contributed by atoms with Crippen LogP contribution in [0.3, 0.4) is 0 Å². The Morgan fingerprint density at radius 3 is 1.64 bits per heavy atom. The highest BCUT2D eigenvalue weighted by molar-refractivity contribution is 7.47. The van der Waals surface area contributed by atoms with Crippen LogP contribution in [-0.4, -0.2) is 23.9 Å². The van der Waals surface area contributed by atoms with Gasteiger partial charge in [0.2, 0.25) is 0 Å². The Labute approximate surface area is 70.8 Å². The van der Waals surface area contributed by atoms with E-state index in [1.807, 2.05) is 0 Å². The van der Waals surface area contributed by atoms with Crippen LogP contribution in [0.2, 0.25) is 0 Å². The van der Waals surface area contributed by atoms with E-state index in [0.29, 0.717) is 12.1 Å². The first-order valence-corrected chi connectivity index (χ1v) is 5.16. The van der Waals surface area contributed by atoms with E-state index in [1.54, 1.807) is 7.11 Å². The maximum Gasteiger partial charge on any atom is 0.182 e. The summed E-state index contributed by atoms with van der Waals surface area (Å²) in [7, 11) is 0.769. The Morgan fingerprint density at radius 1 is 1.18 bits per heavy atom. The fourth-order valence-electron chi connectivity index (χ4n) is 1.15. The van der Waals surface area contributed by atoms with Gasteiger partial charge < -0.3 is 4.52 Å². The first kappa shape index (κ1) is 11.3. The van der Waals surface area contributed by atoms with Crippen molar-refractivity contribution >= 4 is 8.45 Å². The van der Waals surface area contributed by atoms with E-state index < -0.39 is 8.45 Å². The summed E-state index contributed by atoms with van der Waals surface area (Å²) in [6, 6.07) is 0.900. The smallest absolute Gasteiger partial charge is 0.182 e. The summed E-state index contributed by atoms with van der Waals surface area (Å²) in [6.45, 7) is 8.50. The van der Waals surface area contributed by atoms with Crippen LogP contribution in [0, 0.1) is 0 Å². The van der Waals surface area contributed by atoms with E-state index in [9.17, 15) is 0 Å². The molecule has 0 aromatic carbocycles. The number of rotatable bonds is 4. The zero-order valence-electron chi connectivity index (χ0n) is 8.03. The first-order valence-electron chi connectivity index (χ1n) is 3.87. The topological polar surface area (TPSA) is 38.5 Å². The van der Waals surface area contributed by atoms with Gasteiger partial charge in [-0.05, 0) is 27.7 Å². The van der Waals surface area contributed by atoms with Gasteiger partial charge in [0.05, 0.1) is 0 Å². The molecule has 2 N–H and O–H groups in total. The third-order valence-electron chi connectivity index (χ3n) is 1.47. The fourth-order valence-corrected chi connectivity index (χ4v) is 2.24. The van der Waals surface area contributed by atoms with Gasteiger partial charge in [-0.1, -0.05) is 0 Å². The van der Waals surface area contributed by atoms with Crippen LogP contribution in [0.1, 0.15) is 27.7 Å². The Morgan fingerprint density at radius 2 is 1.55 bits per heavy atom. The predicted molar refractivity (Wildman–Crippen MR) is 50.2 cm³/mol. The van der Waals surface area contributed by atoms with Crippen LogP contribution in [0.5, 0.6) is 0 Å². The quantitative estimate of drug-likeness (QED) is 0.668. The summed E-state index contributed by atoms with van der Waals surface area (Å²) in [4.78, 5) is 0. The van der Waals surface area contributed by atoms with Crippen LogP contribution in [0.4, 0.5) is 0 Å². The Bertz CT molecular complexity index is 101. The van der Waals surface area contributed by atoms with Gasteiger partial charge in [-0.2, -0.15) is 0 Å². The highest BCUT2D eigenvalue weighted by atomic mass is 31.2. The van der Waals surface area contributed by atoms with Gasteiger partial charge in [-0.3, -0.25) is 5.50 Å². The standard InChI is InChI=1S/C7H19N2OP/c1-6(2)9(7(3)4)11(8)10-5/h6-7H,8H2,1-5H3. The Hall–Kier alpha value is 0.310. The fraction of sp³-hybridized carbons (Fsp3) is 1.00. The van der Waals surface area contributed by atoms with Crippen LogP contribution in [0.25, 0.3) is 0 Å². The van der Waals surface area contributed by atoms with Gasteiger partial charge in [0, 0.05) is 19.2 Å². The van der Waals surface area contributed by atoms with Crippen molar-refractivity contribution in [1.82, 2.24) is 4.67 Å². The highest BCUT2D eigenvalue weighted by Crippen LogP contribution is 2.35. The second kappa shape index (κ2) is 5.04. The molecule has 1 atom stereocenters. The van der Waals surface area contributed by atoms with Crippen LogP contribution >= 0.6 is 8.45 Å². The van der Waals surface area contributed by atoms with E-state index in [1.165, 1.54) is 0 Å². The van der Waals surface area contributed by atoms with Crippen molar-refractivity contribution in [2.45, 2.75) is 39.8 Å². The first-order chi connectivity index (χ1) is 5.00. The van der Waals surface area contributed by atoms with Gasteiger partial charge in [-0.25, -0.2) is 4.67 Å². The normalized spacial score (nSPS) is 15.0. The molecule has 11 heavy (non-hydrogen) atoms. The lowest BCUT2D eigenvalue weighted by atomic mass is 10.3. The molecule has 0 aromatic rings. The average molecular weight is 178 g/mol. The number of hydrogen-bond acceptors (Lipinski definition) is 3. The molecular formula is C7H19N2OP. The van der Waals surface area contributed by atoms with Gasteiger partial charge in [0.25, 0.3) is 0 Å². The molecule has 0 saturated heterocycles. The summed E-state index contributed by atoms with van der Waals surface area (Å²) in [5.74, 6) is 0. The summed E-state index contributed by atoms with van der Waals surface area (Å²) in [5, 5.41) is 0. The summed E-state index contributed by atoms with van der Waals surface area (Å²) < 4.78 is 7.28. The molecule has 0 amide bonds. The van der Waals surface area contributed by atoms with Gasteiger partial charge in [0.15, 0.2) is 8.45 Å². The highest BCUT2D eigenvalue weighted by Gasteiger charge is 2.20. The minimum atomic E-state index is -0.887. The molecule has 4 heteroatoms. The van der Waals surface area contributed by atoms with Crippen LogP contribution < -0.4 is 5.50 Å². The summed E-state index contributed by atoms with van der Waals surface area (Å²) >= 11 is 0. The van der Waals surface area contributed by atoms with E-state index >= 15 is 0 Å². The Balaban J connectivity index is 4.09. The third kappa shape index (κ3) is 3.48. The van der Waals surface area contributed by atoms with E-state index in [-0.39, 0.29) is 0 Å². The SMILES string of the molecule is COP(N)N(C(C)C)C(C)C. The van der Waals surface area contributed by atoms with Gasteiger partial charge in [-0.15, -0.1) is 0 Å². The second-order valence-corrected chi connectivity index (χ2v) is 4.48. The molecule has 0 aromatic heterocycles. The van der Waals surface area contributed by atoms with Crippen molar-refractivity contribution in [3.05, 3.63) is 0 Å². The third-order valence-corrected chi connectivity index (χ3v) is 3.23. The van der Waals surface area contributed by atoms with Crippen molar-refractivity contribution in [3.63, 3.8) is 0 Å². The molecule has 0 spiro atoms. The molecule has 68 valence electrons.